The van der Waals surface area contributed by atoms with Crippen LogP contribution < -0.4 is 15.8 Å². The van der Waals surface area contributed by atoms with Gasteiger partial charge < -0.3 is 25.0 Å². The number of hydrogen-bond acceptors (Lipinski definition) is 9. The van der Waals surface area contributed by atoms with Crippen molar-refractivity contribution in [1.29, 1.82) is 0 Å². The van der Waals surface area contributed by atoms with Gasteiger partial charge in [0.05, 0.1) is 18.4 Å². The van der Waals surface area contributed by atoms with E-state index in [4.69, 9.17) is 15.0 Å². The van der Waals surface area contributed by atoms with Crippen LogP contribution in [-0.4, -0.2) is 40.2 Å². The average Bonchev–Trinajstić information content (AvgIpc) is 3.40. The molecule has 0 bridgehead atoms. The highest BCUT2D eigenvalue weighted by molar-refractivity contribution is 5.93. The molecule has 190 valence electrons. The first kappa shape index (κ1) is 25.5. The molecule has 1 unspecified atom stereocenters. The minimum Gasteiger partial charge on any atom is -0.473 e. The van der Waals surface area contributed by atoms with Gasteiger partial charge in [0.1, 0.15) is 18.5 Å². The largest absolute Gasteiger partial charge is 0.473 e. The minimum absolute atomic E-state index is 0.0385. The van der Waals surface area contributed by atoms with Gasteiger partial charge in [0.15, 0.2) is 5.76 Å². The number of nitrogens with two attached hydrogens (primary N) is 1. The summed E-state index contributed by atoms with van der Waals surface area (Å²) in [5, 5.41) is 6.93. The molecule has 1 amide bonds. The maximum Gasteiger partial charge on any atom is 0.322 e. The van der Waals surface area contributed by atoms with Crippen molar-refractivity contribution in [2.24, 2.45) is 5.73 Å². The van der Waals surface area contributed by atoms with Gasteiger partial charge in [-0.25, -0.2) is 9.97 Å². The zero-order valence-corrected chi connectivity index (χ0v) is 20.3. The van der Waals surface area contributed by atoms with E-state index in [0.717, 1.165) is 16.8 Å². The molecule has 0 saturated carbocycles. The van der Waals surface area contributed by atoms with Gasteiger partial charge in [0.2, 0.25) is 11.8 Å². The van der Waals surface area contributed by atoms with Gasteiger partial charge in [-0.3, -0.25) is 9.59 Å². The number of methoxy groups -OCH3 is 1. The van der Waals surface area contributed by atoms with Gasteiger partial charge in [0, 0.05) is 37.4 Å². The summed E-state index contributed by atoms with van der Waals surface area (Å²) >= 11 is 0. The van der Waals surface area contributed by atoms with Gasteiger partial charge >= 0.3 is 5.97 Å². The Bertz CT molecular complexity index is 1320. The molecule has 4 rings (SSSR count). The van der Waals surface area contributed by atoms with Crippen LogP contribution in [0.5, 0.6) is 5.88 Å². The molecule has 37 heavy (non-hydrogen) atoms. The standard InChI is InChI=1S/C27H27N5O5/c1-35-27(34)22(28)11-12-24(33)31-26-21(5-4-14-30-26)23-16-20(32-37-23)15-18-7-9-19(10-8-18)17-36-25-6-2-3-13-29-25/h2-10,13-14,16,22H,11-12,15,17,28H2,1H3,(H,30,31,33). The number of hydrogen-bond donors (Lipinski definition) is 2. The van der Waals surface area contributed by atoms with Crippen LogP contribution in [0.25, 0.3) is 11.3 Å². The van der Waals surface area contributed by atoms with Crippen molar-refractivity contribution in [1.82, 2.24) is 15.1 Å². The van der Waals surface area contributed by atoms with Crippen molar-refractivity contribution < 1.29 is 23.6 Å². The van der Waals surface area contributed by atoms with Crippen LogP contribution in [0, 0.1) is 0 Å². The number of carbonyl (C=O) groups excluding carboxylic acids is 2. The summed E-state index contributed by atoms with van der Waals surface area (Å²) in [5.74, 6) is 0.501. The fourth-order valence-electron chi connectivity index (χ4n) is 3.53. The normalized spacial score (nSPS) is 11.5. The SMILES string of the molecule is COC(=O)C(N)CCC(=O)Nc1ncccc1-c1cc(Cc2ccc(COc3ccccn3)cc2)no1. The Hall–Kier alpha value is -4.57. The van der Waals surface area contributed by atoms with Crippen LogP contribution in [0.1, 0.15) is 29.7 Å². The fraction of sp³-hybridized carbons (Fsp3) is 0.222. The highest BCUT2D eigenvalue weighted by Crippen LogP contribution is 2.27. The quantitative estimate of drug-likeness (QED) is 0.295. The van der Waals surface area contributed by atoms with Crippen molar-refractivity contribution >= 4 is 17.7 Å². The van der Waals surface area contributed by atoms with Crippen molar-refractivity contribution in [2.45, 2.75) is 31.9 Å². The lowest BCUT2D eigenvalue weighted by atomic mass is 10.1. The zero-order chi connectivity index (χ0) is 26.0. The Balaban J connectivity index is 1.35. The molecule has 4 aromatic rings. The summed E-state index contributed by atoms with van der Waals surface area (Å²) in [6.45, 7) is 0.426. The molecule has 0 spiro atoms. The molecule has 10 nitrogen and oxygen atoms in total. The van der Waals surface area contributed by atoms with Gasteiger partial charge in [0.25, 0.3) is 0 Å². The lowest BCUT2D eigenvalue weighted by molar-refractivity contribution is -0.142. The second-order valence-electron chi connectivity index (χ2n) is 8.25. The van der Waals surface area contributed by atoms with E-state index in [2.05, 4.69) is 25.2 Å². The van der Waals surface area contributed by atoms with Gasteiger partial charge in [-0.2, -0.15) is 0 Å². The zero-order valence-electron chi connectivity index (χ0n) is 20.3. The molecular formula is C27H27N5O5. The Morgan fingerprint density at radius 1 is 1.03 bits per heavy atom. The van der Waals surface area contributed by atoms with E-state index in [1.165, 1.54) is 7.11 Å². The second-order valence-corrected chi connectivity index (χ2v) is 8.25. The van der Waals surface area contributed by atoms with Crippen molar-refractivity contribution in [3.63, 3.8) is 0 Å². The minimum atomic E-state index is -0.863. The Morgan fingerprint density at radius 2 is 1.81 bits per heavy atom. The Kier molecular flexibility index (Phi) is 8.56. The number of anilines is 1. The average molecular weight is 502 g/mol. The number of esters is 1. The van der Waals surface area contributed by atoms with E-state index in [-0.39, 0.29) is 18.7 Å². The number of benzene rings is 1. The third-order valence-corrected chi connectivity index (χ3v) is 5.51. The number of ether oxygens (including phenoxy) is 2. The highest BCUT2D eigenvalue weighted by atomic mass is 16.5. The van der Waals surface area contributed by atoms with E-state index in [9.17, 15) is 9.59 Å². The second kappa shape index (κ2) is 12.4. The topological polar surface area (TPSA) is 142 Å². The molecule has 1 atom stereocenters. The lowest BCUT2D eigenvalue weighted by Gasteiger charge is -2.10. The molecule has 0 radical (unpaired) electrons. The molecule has 3 aromatic heterocycles. The summed E-state index contributed by atoms with van der Waals surface area (Å²) in [7, 11) is 1.25. The van der Waals surface area contributed by atoms with E-state index in [1.54, 1.807) is 24.5 Å². The van der Waals surface area contributed by atoms with Crippen LogP contribution in [0.15, 0.2) is 77.6 Å². The van der Waals surface area contributed by atoms with Gasteiger partial charge in [-0.05, 0) is 35.7 Å². The molecule has 0 fully saturated rings. The van der Waals surface area contributed by atoms with Crippen molar-refractivity contribution in [2.75, 3.05) is 12.4 Å². The molecular weight excluding hydrogens is 474 g/mol. The number of carbonyl (C=O) groups is 2. The monoisotopic (exact) mass is 501 g/mol. The first-order valence-corrected chi connectivity index (χ1v) is 11.7. The fourth-order valence-corrected chi connectivity index (χ4v) is 3.53. The maximum absolute atomic E-state index is 12.4. The third-order valence-electron chi connectivity index (χ3n) is 5.51. The first-order valence-electron chi connectivity index (χ1n) is 11.7. The van der Waals surface area contributed by atoms with E-state index >= 15 is 0 Å². The van der Waals surface area contributed by atoms with Gasteiger partial charge in [-0.1, -0.05) is 35.5 Å². The summed E-state index contributed by atoms with van der Waals surface area (Å²) in [4.78, 5) is 32.2. The summed E-state index contributed by atoms with van der Waals surface area (Å²) in [6, 6.07) is 18.0. The predicted octanol–water partition coefficient (Wildman–Crippen LogP) is 3.52. The number of nitrogens with zero attached hydrogens (tertiary/aromatic N) is 3. The van der Waals surface area contributed by atoms with Crippen LogP contribution >= 0.6 is 0 Å². The molecule has 0 aliphatic heterocycles. The number of nitrogens with one attached hydrogen (secondary N) is 1. The molecule has 0 aliphatic rings. The van der Waals surface area contributed by atoms with Crippen LogP contribution in [0.2, 0.25) is 0 Å². The van der Waals surface area contributed by atoms with Crippen molar-refractivity contribution in [3.8, 4) is 17.2 Å². The molecule has 10 heteroatoms. The molecule has 3 heterocycles. The number of amides is 1. The number of aromatic nitrogens is 3. The maximum atomic E-state index is 12.4. The molecule has 0 aliphatic carbocycles. The van der Waals surface area contributed by atoms with E-state index in [1.807, 2.05) is 48.5 Å². The Labute approximate surface area is 213 Å². The summed E-state index contributed by atoms with van der Waals surface area (Å²) in [6.07, 6.45) is 4.02. The molecule has 3 N–H and O–H groups in total. The third kappa shape index (κ3) is 7.21. The summed E-state index contributed by atoms with van der Waals surface area (Å²) < 4.78 is 15.8. The van der Waals surface area contributed by atoms with Gasteiger partial charge in [-0.15, -0.1) is 0 Å². The van der Waals surface area contributed by atoms with Crippen molar-refractivity contribution in [3.05, 3.63) is 89.9 Å². The Morgan fingerprint density at radius 3 is 2.57 bits per heavy atom. The number of pyridine rings is 2. The van der Waals surface area contributed by atoms with E-state index in [0.29, 0.717) is 36.0 Å². The van der Waals surface area contributed by atoms with Crippen LogP contribution in [0.3, 0.4) is 0 Å². The lowest BCUT2D eigenvalue weighted by Crippen LogP contribution is -2.32. The van der Waals surface area contributed by atoms with E-state index < -0.39 is 12.0 Å². The molecule has 0 saturated heterocycles. The highest BCUT2D eigenvalue weighted by Gasteiger charge is 2.18. The van der Waals surface area contributed by atoms with Crippen LogP contribution in [0.4, 0.5) is 5.82 Å². The number of rotatable bonds is 11. The van der Waals surface area contributed by atoms with Crippen LogP contribution in [-0.2, 0) is 27.4 Å². The predicted molar refractivity (Wildman–Crippen MR) is 135 cm³/mol. The summed E-state index contributed by atoms with van der Waals surface area (Å²) in [5.41, 5.74) is 9.11. The molecule has 1 aromatic carbocycles. The first-order chi connectivity index (χ1) is 18.0. The smallest absolute Gasteiger partial charge is 0.322 e.